The normalized spacial score (nSPS) is 28.4. The average Bonchev–Trinajstić information content (AvgIpc) is 2.58. The SMILES string of the molecule is CCC1CCC(NS(=O)(=O)CCCC(=O)O)C1C. The first-order chi connectivity index (χ1) is 8.35. The predicted octanol–water partition coefficient (Wildman–Crippen LogP) is 1.60. The molecule has 1 rings (SSSR count). The van der Waals surface area contributed by atoms with Crippen molar-refractivity contribution in [3.8, 4) is 0 Å². The molecule has 0 aromatic heterocycles. The first-order valence-electron chi connectivity index (χ1n) is 6.57. The van der Waals surface area contributed by atoms with E-state index in [1.165, 1.54) is 0 Å². The third kappa shape index (κ3) is 4.57. The highest BCUT2D eigenvalue weighted by atomic mass is 32.2. The molecular formula is C12H23NO4S. The van der Waals surface area contributed by atoms with Gasteiger partial charge in [-0.1, -0.05) is 20.3 Å². The van der Waals surface area contributed by atoms with Crippen LogP contribution in [0.25, 0.3) is 0 Å². The van der Waals surface area contributed by atoms with Crippen molar-refractivity contribution in [2.75, 3.05) is 5.75 Å². The second-order valence-electron chi connectivity index (χ2n) is 5.15. The summed E-state index contributed by atoms with van der Waals surface area (Å²) in [6.07, 6.45) is 3.11. The number of carbonyl (C=O) groups is 1. The second-order valence-corrected chi connectivity index (χ2v) is 7.02. The quantitative estimate of drug-likeness (QED) is 0.740. The Labute approximate surface area is 109 Å². The molecule has 1 saturated carbocycles. The van der Waals surface area contributed by atoms with Crippen molar-refractivity contribution in [2.24, 2.45) is 11.8 Å². The van der Waals surface area contributed by atoms with Gasteiger partial charge >= 0.3 is 5.97 Å². The summed E-state index contributed by atoms with van der Waals surface area (Å²) >= 11 is 0. The minimum absolute atomic E-state index is 0.0183. The van der Waals surface area contributed by atoms with Gasteiger partial charge in [0.25, 0.3) is 0 Å². The number of aliphatic carboxylic acids is 1. The minimum Gasteiger partial charge on any atom is -0.481 e. The van der Waals surface area contributed by atoms with Gasteiger partial charge in [-0.15, -0.1) is 0 Å². The molecule has 5 nitrogen and oxygen atoms in total. The fourth-order valence-electron chi connectivity index (χ4n) is 2.69. The molecule has 0 radical (unpaired) electrons. The fourth-order valence-corrected chi connectivity index (χ4v) is 4.13. The van der Waals surface area contributed by atoms with Gasteiger partial charge in [0.15, 0.2) is 0 Å². The molecule has 1 fully saturated rings. The van der Waals surface area contributed by atoms with Gasteiger partial charge in [0.2, 0.25) is 10.0 Å². The third-order valence-corrected chi connectivity index (χ3v) is 5.37. The summed E-state index contributed by atoms with van der Waals surface area (Å²) in [7, 11) is -3.34. The Morgan fingerprint density at radius 1 is 1.39 bits per heavy atom. The molecule has 1 aliphatic carbocycles. The molecule has 18 heavy (non-hydrogen) atoms. The van der Waals surface area contributed by atoms with Gasteiger partial charge in [-0.05, 0) is 31.1 Å². The number of nitrogens with one attached hydrogen (secondary N) is 1. The molecule has 0 spiro atoms. The second kappa shape index (κ2) is 6.52. The molecule has 106 valence electrons. The molecular weight excluding hydrogens is 254 g/mol. The van der Waals surface area contributed by atoms with Crippen LogP contribution in [0, 0.1) is 11.8 Å². The topological polar surface area (TPSA) is 83.5 Å². The Morgan fingerprint density at radius 3 is 2.56 bits per heavy atom. The standard InChI is InChI=1S/C12H23NO4S/c1-3-10-6-7-11(9(10)2)13-18(16,17)8-4-5-12(14)15/h9-11,13H,3-8H2,1-2H3,(H,14,15). The highest BCUT2D eigenvalue weighted by Gasteiger charge is 2.33. The molecule has 1 aliphatic rings. The van der Waals surface area contributed by atoms with Crippen LogP contribution in [-0.2, 0) is 14.8 Å². The van der Waals surface area contributed by atoms with Crippen LogP contribution in [0.3, 0.4) is 0 Å². The van der Waals surface area contributed by atoms with E-state index in [1.807, 2.05) is 0 Å². The fraction of sp³-hybridized carbons (Fsp3) is 0.917. The van der Waals surface area contributed by atoms with Gasteiger partial charge in [-0.25, -0.2) is 13.1 Å². The number of sulfonamides is 1. The number of hydrogen-bond donors (Lipinski definition) is 2. The van der Waals surface area contributed by atoms with Crippen LogP contribution in [0.2, 0.25) is 0 Å². The summed E-state index contributed by atoms with van der Waals surface area (Å²) in [4.78, 5) is 10.3. The number of hydrogen-bond acceptors (Lipinski definition) is 3. The van der Waals surface area contributed by atoms with Gasteiger partial charge < -0.3 is 5.11 Å². The lowest BCUT2D eigenvalue weighted by Gasteiger charge is -2.20. The molecule has 6 heteroatoms. The Bertz CT molecular complexity index is 380. The average molecular weight is 277 g/mol. The number of carboxylic acids is 1. The third-order valence-electron chi connectivity index (χ3n) is 3.89. The predicted molar refractivity (Wildman–Crippen MR) is 69.8 cm³/mol. The van der Waals surface area contributed by atoms with Crippen LogP contribution in [-0.4, -0.2) is 31.3 Å². The summed E-state index contributed by atoms with van der Waals surface area (Å²) in [6.45, 7) is 4.22. The van der Waals surface area contributed by atoms with E-state index >= 15 is 0 Å². The molecule has 0 saturated heterocycles. The Morgan fingerprint density at radius 2 is 2.06 bits per heavy atom. The molecule has 0 aromatic carbocycles. The van der Waals surface area contributed by atoms with Crippen LogP contribution in [0.5, 0.6) is 0 Å². The number of rotatable bonds is 7. The minimum atomic E-state index is -3.34. The Kier molecular flexibility index (Phi) is 5.59. The molecule has 2 N–H and O–H groups in total. The largest absolute Gasteiger partial charge is 0.481 e. The summed E-state index contributed by atoms with van der Waals surface area (Å²) in [5.41, 5.74) is 0. The lowest BCUT2D eigenvalue weighted by atomic mass is 9.94. The Hall–Kier alpha value is -0.620. The maximum atomic E-state index is 11.8. The van der Waals surface area contributed by atoms with Crippen molar-refractivity contribution in [1.82, 2.24) is 4.72 Å². The summed E-state index contributed by atoms with van der Waals surface area (Å²) in [5.74, 6) is -0.0919. The highest BCUT2D eigenvalue weighted by Crippen LogP contribution is 2.34. The molecule has 0 bridgehead atoms. The van der Waals surface area contributed by atoms with Crippen molar-refractivity contribution >= 4 is 16.0 Å². The van der Waals surface area contributed by atoms with Gasteiger partial charge in [-0.3, -0.25) is 4.79 Å². The van der Waals surface area contributed by atoms with E-state index in [0.717, 1.165) is 19.3 Å². The van der Waals surface area contributed by atoms with Gasteiger partial charge in [0, 0.05) is 12.5 Å². The van der Waals surface area contributed by atoms with Crippen molar-refractivity contribution in [2.45, 2.75) is 52.0 Å². The van der Waals surface area contributed by atoms with E-state index in [1.54, 1.807) is 0 Å². The van der Waals surface area contributed by atoms with Gasteiger partial charge in [0.05, 0.1) is 5.75 Å². The zero-order chi connectivity index (χ0) is 13.8. The van der Waals surface area contributed by atoms with Crippen molar-refractivity contribution in [3.05, 3.63) is 0 Å². The van der Waals surface area contributed by atoms with E-state index in [2.05, 4.69) is 18.6 Å². The highest BCUT2D eigenvalue weighted by molar-refractivity contribution is 7.89. The van der Waals surface area contributed by atoms with E-state index in [4.69, 9.17) is 5.11 Å². The zero-order valence-corrected chi connectivity index (χ0v) is 11.9. The number of carboxylic acid groups (broad SMARTS) is 1. The summed E-state index contributed by atoms with van der Waals surface area (Å²) in [5, 5.41) is 8.49. The van der Waals surface area contributed by atoms with Crippen molar-refractivity contribution in [3.63, 3.8) is 0 Å². The molecule has 3 atom stereocenters. The first kappa shape index (κ1) is 15.4. The lowest BCUT2D eigenvalue weighted by molar-refractivity contribution is -0.137. The molecule has 0 aromatic rings. The van der Waals surface area contributed by atoms with Crippen LogP contribution in [0.1, 0.15) is 46.0 Å². The monoisotopic (exact) mass is 277 g/mol. The van der Waals surface area contributed by atoms with Crippen LogP contribution in [0.4, 0.5) is 0 Å². The molecule has 0 aliphatic heterocycles. The lowest BCUT2D eigenvalue weighted by Crippen LogP contribution is -2.38. The van der Waals surface area contributed by atoms with Crippen molar-refractivity contribution < 1.29 is 18.3 Å². The van der Waals surface area contributed by atoms with Gasteiger partial charge in [-0.2, -0.15) is 0 Å². The van der Waals surface area contributed by atoms with E-state index in [0.29, 0.717) is 11.8 Å². The van der Waals surface area contributed by atoms with E-state index in [9.17, 15) is 13.2 Å². The first-order valence-corrected chi connectivity index (χ1v) is 8.22. The molecule has 0 amide bonds. The van der Waals surface area contributed by atoms with Crippen LogP contribution in [0.15, 0.2) is 0 Å². The van der Waals surface area contributed by atoms with Crippen LogP contribution >= 0.6 is 0 Å². The molecule has 3 unspecified atom stereocenters. The maximum absolute atomic E-state index is 11.8. The summed E-state index contributed by atoms with van der Waals surface area (Å²) < 4.78 is 26.3. The van der Waals surface area contributed by atoms with E-state index in [-0.39, 0.29) is 24.6 Å². The Balaban J connectivity index is 2.43. The smallest absolute Gasteiger partial charge is 0.303 e. The van der Waals surface area contributed by atoms with E-state index < -0.39 is 16.0 Å². The van der Waals surface area contributed by atoms with Crippen LogP contribution < -0.4 is 4.72 Å². The summed E-state index contributed by atoms with van der Waals surface area (Å²) in [6, 6.07) is 0.0183. The molecule has 0 heterocycles. The zero-order valence-electron chi connectivity index (χ0n) is 11.1. The van der Waals surface area contributed by atoms with Crippen molar-refractivity contribution in [1.29, 1.82) is 0 Å². The maximum Gasteiger partial charge on any atom is 0.303 e. The van der Waals surface area contributed by atoms with Gasteiger partial charge in [0.1, 0.15) is 0 Å².